The number of aliphatic hydroxyl groups excluding tert-OH is 1. The molecule has 0 radical (unpaired) electrons. The highest BCUT2D eigenvalue weighted by molar-refractivity contribution is 5.32. The second-order valence-corrected chi connectivity index (χ2v) is 4.88. The van der Waals surface area contributed by atoms with Crippen molar-refractivity contribution >= 4 is 0 Å². The zero-order chi connectivity index (χ0) is 11.5. The van der Waals surface area contributed by atoms with Crippen molar-refractivity contribution in [1.82, 2.24) is 4.90 Å². The van der Waals surface area contributed by atoms with E-state index in [2.05, 4.69) is 30.1 Å². The summed E-state index contributed by atoms with van der Waals surface area (Å²) in [4.78, 5) is 2.38. The predicted molar refractivity (Wildman–Crippen MR) is 66.5 cm³/mol. The van der Waals surface area contributed by atoms with Gasteiger partial charge < -0.3 is 10.0 Å². The fraction of sp³-hybridized carbons (Fsp3) is 0.571. The molecule has 0 bridgehead atoms. The van der Waals surface area contributed by atoms with Crippen LogP contribution in [0.4, 0.5) is 0 Å². The molecule has 1 aromatic carbocycles. The molecule has 2 rings (SSSR count). The molecule has 1 aromatic rings. The molecular formula is C14H21NO. The fourth-order valence-electron chi connectivity index (χ4n) is 2.58. The molecule has 0 amide bonds. The van der Waals surface area contributed by atoms with Gasteiger partial charge in [-0.1, -0.05) is 24.3 Å². The monoisotopic (exact) mass is 219 g/mol. The molecule has 88 valence electrons. The third-order valence-corrected chi connectivity index (χ3v) is 3.60. The van der Waals surface area contributed by atoms with Crippen LogP contribution in [-0.2, 0) is 0 Å². The third-order valence-electron chi connectivity index (χ3n) is 3.60. The van der Waals surface area contributed by atoms with E-state index in [1.54, 1.807) is 0 Å². The van der Waals surface area contributed by atoms with Crippen LogP contribution in [0.3, 0.4) is 0 Å². The van der Waals surface area contributed by atoms with Gasteiger partial charge in [0, 0.05) is 0 Å². The standard InChI is InChI=1S/C14H21NO/c1-11(16)13-5-3-4-6-14(13)12-7-9-15(2)10-8-12/h3-6,11-12,16H,7-10H2,1-2H3. The Kier molecular flexibility index (Phi) is 3.62. The summed E-state index contributed by atoms with van der Waals surface area (Å²) in [5.74, 6) is 0.627. The maximum Gasteiger partial charge on any atom is 0.0764 e. The van der Waals surface area contributed by atoms with E-state index in [4.69, 9.17) is 0 Å². The van der Waals surface area contributed by atoms with E-state index in [0.717, 1.165) is 5.56 Å². The maximum atomic E-state index is 9.78. The molecule has 1 fully saturated rings. The molecule has 1 N–H and O–H groups in total. The SMILES string of the molecule is CC(O)c1ccccc1C1CCN(C)CC1. The minimum atomic E-state index is -0.351. The number of aliphatic hydroxyl groups is 1. The average molecular weight is 219 g/mol. The second-order valence-electron chi connectivity index (χ2n) is 4.88. The first-order chi connectivity index (χ1) is 7.68. The van der Waals surface area contributed by atoms with E-state index in [1.165, 1.54) is 31.5 Å². The molecule has 0 aromatic heterocycles. The first-order valence-corrected chi connectivity index (χ1v) is 6.14. The van der Waals surface area contributed by atoms with Crippen LogP contribution in [0.15, 0.2) is 24.3 Å². The predicted octanol–water partition coefficient (Wildman–Crippen LogP) is 2.55. The lowest BCUT2D eigenvalue weighted by atomic mass is 9.85. The Morgan fingerprint density at radius 2 is 1.88 bits per heavy atom. The van der Waals surface area contributed by atoms with Crippen LogP contribution in [0, 0.1) is 0 Å². The summed E-state index contributed by atoms with van der Waals surface area (Å²) in [7, 11) is 2.18. The topological polar surface area (TPSA) is 23.5 Å². The van der Waals surface area contributed by atoms with Gasteiger partial charge in [-0.05, 0) is 56.9 Å². The number of benzene rings is 1. The highest BCUT2D eigenvalue weighted by atomic mass is 16.3. The van der Waals surface area contributed by atoms with Gasteiger partial charge in [-0.15, -0.1) is 0 Å². The lowest BCUT2D eigenvalue weighted by molar-refractivity contribution is 0.195. The van der Waals surface area contributed by atoms with Crippen molar-refractivity contribution in [2.24, 2.45) is 0 Å². The Bertz CT molecular complexity index is 340. The Labute approximate surface area is 97.9 Å². The summed E-state index contributed by atoms with van der Waals surface area (Å²) in [5, 5.41) is 9.78. The fourth-order valence-corrected chi connectivity index (χ4v) is 2.58. The Morgan fingerprint density at radius 3 is 2.50 bits per heavy atom. The highest BCUT2D eigenvalue weighted by Gasteiger charge is 2.21. The van der Waals surface area contributed by atoms with Crippen LogP contribution in [0.2, 0.25) is 0 Å². The van der Waals surface area contributed by atoms with Gasteiger partial charge in [0.1, 0.15) is 0 Å². The normalized spacial score (nSPS) is 20.9. The van der Waals surface area contributed by atoms with Gasteiger partial charge in [0.2, 0.25) is 0 Å². The maximum absolute atomic E-state index is 9.78. The van der Waals surface area contributed by atoms with Crippen molar-refractivity contribution in [3.8, 4) is 0 Å². The molecular weight excluding hydrogens is 198 g/mol. The summed E-state index contributed by atoms with van der Waals surface area (Å²) in [6, 6.07) is 8.33. The van der Waals surface area contributed by atoms with Crippen LogP contribution < -0.4 is 0 Å². The molecule has 1 heterocycles. The molecule has 2 heteroatoms. The van der Waals surface area contributed by atoms with Gasteiger partial charge in [-0.3, -0.25) is 0 Å². The third kappa shape index (κ3) is 2.45. The van der Waals surface area contributed by atoms with Gasteiger partial charge in [0.05, 0.1) is 6.10 Å². The van der Waals surface area contributed by atoms with E-state index in [1.807, 2.05) is 13.0 Å². The molecule has 2 nitrogen and oxygen atoms in total. The first kappa shape index (κ1) is 11.6. The van der Waals surface area contributed by atoms with Crippen molar-refractivity contribution in [3.05, 3.63) is 35.4 Å². The minimum absolute atomic E-state index is 0.351. The molecule has 1 atom stereocenters. The molecule has 0 aliphatic carbocycles. The van der Waals surface area contributed by atoms with Gasteiger partial charge in [-0.25, -0.2) is 0 Å². The van der Waals surface area contributed by atoms with Crippen molar-refractivity contribution in [3.63, 3.8) is 0 Å². The zero-order valence-corrected chi connectivity index (χ0v) is 10.2. The van der Waals surface area contributed by atoms with E-state index in [-0.39, 0.29) is 6.10 Å². The van der Waals surface area contributed by atoms with Crippen LogP contribution >= 0.6 is 0 Å². The number of rotatable bonds is 2. The van der Waals surface area contributed by atoms with E-state index >= 15 is 0 Å². The van der Waals surface area contributed by atoms with E-state index < -0.39 is 0 Å². The van der Waals surface area contributed by atoms with Crippen molar-refractivity contribution < 1.29 is 5.11 Å². The van der Waals surface area contributed by atoms with Crippen molar-refractivity contribution in [1.29, 1.82) is 0 Å². The number of nitrogens with zero attached hydrogens (tertiary/aromatic N) is 1. The summed E-state index contributed by atoms with van der Waals surface area (Å²) in [6.45, 7) is 4.19. The molecule has 16 heavy (non-hydrogen) atoms. The summed E-state index contributed by atoms with van der Waals surface area (Å²) in [5.41, 5.74) is 2.46. The summed E-state index contributed by atoms with van der Waals surface area (Å²) < 4.78 is 0. The molecule has 1 aliphatic rings. The Morgan fingerprint density at radius 1 is 1.25 bits per heavy atom. The Balaban J connectivity index is 2.19. The molecule has 1 saturated heterocycles. The van der Waals surface area contributed by atoms with Gasteiger partial charge >= 0.3 is 0 Å². The van der Waals surface area contributed by atoms with Crippen molar-refractivity contribution in [2.45, 2.75) is 31.8 Å². The second kappa shape index (κ2) is 4.98. The van der Waals surface area contributed by atoms with Crippen molar-refractivity contribution in [2.75, 3.05) is 20.1 Å². The summed E-state index contributed by atoms with van der Waals surface area (Å²) in [6.07, 6.45) is 2.07. The number of hydrogen-bond acceptors (Lipinski definition) is 2. The van der Waals surface area contributed by atoms with Crippen LogP contribution in [0.5, 0.6) is 0 Å². The minimum Gasteiger partial charge on any atom is -0.389 e. The average Bonchev–Trinajstić information content (AvgIpc) is 2.30. The first-order valence-electron chi connectivity index (χ1n) is 6.14. The van der Waals surface area contributed by atoms with E-state index in [9.17, 15) is 5.11 Å². The molecule has 1 unspecified atom stereocenters. The smallest absolute Gasteiger partial charge is 0.0764 e. The lowest BCUT2D eigenvalue weighted by Gasteiger charge is -2.30. The van der Waals surface area contributed by atoms with Crippen LogP contribution in [0.1, 0.15) is 42.9 Å². The van der Waals surface area contributed by atoms with Gasteiger partial charge in [0.15, 0.2) is 0 Å². The molecule has 0 saturated carbocycles. The largest absolute Gasteiger partial charge is 0.389 e. The quantitative estimate of drug-likeness (QED) is 0.826. The summed E-state index contributed by atoms with van der Waals surface area (Å²) >= 11 is 0. The highest BCUT2D eigenvalue weighted by Crippen LogP contribution is 2.32. The Hall–Kier alpha value is -0.860. The number of hydrogen-bond donors (Lipinski definition) is 1. The van der Waals surface area contributed by atoms with Crippen LogP contribution in [-0.4, -0.2) is 30.1 Å². The van der Waals surface area contributed by atoms with Gasteiger partial charge in [0.25, 0.3) is 0 Å². The van der Waals surface area contributed by atoms with Gasteiger partial charge in [-0.2, -0.15) is 0 Å². The number of likely N-dealkylation sites (tertiary alicyclic amines) is 1. The van der Waals surface area contributed by atoms with E-state index in [0.29, 0.717) is 5.92 Å². The van der Waals surface area contributed by atoms with Crippen LogP contribution in [0.25, 0.3) is 0 Å². The number of piperidine rings is 1. The molecule has 0 spiro atoms. The zero-order valence-electron chi connectivity index (χ0n) is 10.2. The molecule has 1 aliphatic heterocycles. The lowest BCUT2D eigenvalue weighted by Crippen LogP contribution is -2.29.